The topological polar surface area (TPSA) is 97.8 Å². The second-order valence-electron chi connectivity index (χ2n) is 7.17. The van der Waals surface area contributed by atoms with Crippen molar-refractivity contribution in [3.05, 3.63) is 65.6 Å². The Balaban J connectivity index is 1.36. The predicted octanol–water partition coefficient (Wildman–Crippen LogP) is 3.49. The van der Waals surface area contributed by atoms with Gasteiger partial charge in [0, 0.05) is 30.1 Å². The van der Waals surface area contributed by atoms with Crippen molar-refractivity contribution < 1.29 is 22.7 Å². The van der Waals surface area contributed by atoms with Gasteiger partial charge in [-0.2, -0.15) is 4.31 Å². The Morgan fingerprint density at radius 2 is 1.82 bits per heavy atom. The minimum absolute atomic E-state index is 0.222. The van der Waals surface area contributed by atoms with E-state index in [0.717, 1.165) is 17.0 Å². The fourth-order valence-electron chi connectivity index (χ4n) is 3.23. The lowest BCUT2D eigenvalue weighted by molar-refractivity contribution is -0.111. The minimum Gasteiger partial charge on any atom is -0.497 e. The summed E-state index contributed by atoms with van der Waals surface area (Å²) in [5.41, 5.74) is 2.40. The van der Waals surface area contributed by atoms with Gasteiger partial charge in [0.25, 0.3) is 0 Å². The van der Waals surface area contributed by atoms with Gasteiger partial charge in [0.05, 0.1) is 30.9 Å². The Morgan fingerprint density at radius 1 is 1.12 bits per heavy atom. The highest BCUT2D eigenvalue weighted by atomic mass is 32.2. The van der Waals surface area contributed by atoms with E-state index in [9.17, 15) is 13.2 Å². The van der Waals surface area contributed by atoms with Crippen molar-refractivity contribution in [2.24, 2.45) is 0 Å². The number of hydrogen-bond donors (Lipinski definition) is 1. The van der Waals surface area contributed by atoms with E-state index < -0.39 is 10.0 Å². The molecule has 1 aromatic heterocycles. The Labute approximate surface area is 196 Å². The number of morpholine rings is 1. The molecule has 0 atom stereocenters. The molecule has 1 N–H and O–H groups in total. The van der Waals surface area contributed by atoms with Crippen molar-refractivity contribution in [3.8, 4) is 17.0 Å². The summed E-state index contributed by atoms with van der Waals surface area (Å²) in [6, 6.07) is 13.9. The van der Waals surface area contributed by atoms with Crippen LogP contribution in [0.5, 0.6) is 5.75 Å². The van der Waals surface area contributed by atoms with Gasteiger partial charge in [0.2, 0.25) is 15.9 Å². The first-order chi connectivity index (χ1) is 16.0. The number of sulfonamides is 1. The van der Waals surface area contributed by atoms with Crippen LogP contribution in [-0.4, -0.2) is 57.0 Å². The second-order valence-corrected chi connectivity index (χ2v) is 9.97. The molecule has 1 fully saturated rings. The molecule has 33 heavy (non-hydrogen) atoms. The van der Waals surface area contributed by atoms with Crippen LogP contribution in [0.3, 0.4) is 0 Å². The molecule has 1 amide bonds. The van der Waals surface area contributed by atoms with Crippen LogP contribution in [0.2, 0.25) is 0 Å². The number of hydrogen-bond acceptors (Lipinski definition) is 7. The minimum atomic E-state index is -3.54. The number of anilines is 1. The normalized spacial score (nSPS) is 14.9. The van der Waals surface area contributed by atoms with E-state index in [1.165, 1.54) is 21.7 Å². The molecule has 8 nitrogen and oxygen atoms in total. The van der Waals surface area contributed by atoms with Gasteiger partial charge in [0.1, 0.15) is 5.75 Å². The standard InChI is InChI=1S/C23H23N3O5S2/c1-30-19-7-5-18(6-8-19)21-16-32-23(24-21)25-22(27)11-4-17-2-9-20(10-3-17)33(28,29)26-12-14-31-15-13-26/h2-11,16H,12-15H2,1H3,(H,24,25,27)/b11-4+. The summed E-state index contributed by atoms with van der Waals surface area (Å²) in [7, 11) is -1.93. The quantitative estimate of drug-likeness (QED) is 0.515. The van der Waals surface area contributed by atoms with Crippen molar-refractivity contribution in [2.45, 2.75) is 4.90 Å². The van der Waals surface area contributed by atoms with Gasteiger partial charge in [-0.1, -0.05) is 12.1 Å². The van der Waals surface area contributed by atoms with E-state index in [0.29, 0.717) is 37.0 Å². The summed E-state index contributed by atoms with van der Waals surface area (Å²) in [4.78, 5) is 17.0. The van der Waals surface area contributed by atoms with Gasteiger partial charge in [0.15, 0.2) is 5.13 Å². The number of nitrogens with one attached hydrogen (secondary N) is 1. The number of rotatable bonds is 7. The summed E-state index contributed by atoms with van der Waals surface area (Å²) in [6.45, 7) is 1.49. The summed E-state index contributed by atoms with van der Waals surface area (Å²) in [5.74, 6) is 0.440. The molecule has 0 aliphatic carbocycles. The number of benzene rings is 2. The van der Waals surface area contributed by atoms with Crippen LogP contribution >= 0.6 is 11.3 Å². The van der Waals surface area contributed by atoms with Crippen molar-refractivity contribution in [3.63, 3.8) is 0 Å². The Kier molecular flexibility index (Phi) is 7.19. The van der Waals surface area contributed by atoms with Crippen LogP contribution in [0.15, 0.2) is 64.9 Å². The van der Waals surface area contributed by atoms with Gasteiger partial charge in [-0.25, -0.2) is 13.4 Å². The summed E-state index contributed by atoms with van der Waals surface area (Å²) in [6.07, 6.45) is 3.01. The van der Waals surface area contributed by atoms with E-state index in [1.54, 1.807) is 37.5 Å². The van der Waals surface area contributed by atoms with Crippen molar-refractivity contribution in [1.82, 2.24) is 9.29 Å². The molecule has 0 spiro atoms. The number of amides is 1. The van der Waals surface area contributed by atoms with E-state index >= 15 is 0 Å². The summed E-state index contributed by atoms with van der Waals surface area (Å²) in [5, 5.41) is 5.10. The average Bonchev–Trinajstić information content (AvgIpc) is 3.32. The number of ether oxygens (including phenoxy) is 2. The zero-order valence-corrected chi connectivity index (χ0v) is 19.6. The van der Waals surface area contributed by atoms with Crippen LogP contribution in [0.4, 0.5) is 5.13 Å². The van der Waals surface area contributed by atoms with Crippen LogP contribution in [0, 0.1) is 0 Å². The maximum absolute atomic E-state index is 12.7. The number of carbonyl (C=O) groups excluding carboxylic acids is 1. The third-order valence-corrected chi connectivity index (χ3v) is 7.71. The monoisotopic (exact) mass is 485 g/mol. The third kappa shape index (κ3) is 5.66. The van der Waals surface area contributed by atoms with Gasteiger partial charge in [-0.05, 0) is 48.0 Å². The molecular weight excluding hydrogens is 462 g/mol. The SMILES string of the molecule is COc1ccc(-c2csc(NC(=O)/C=C/c3ccc(S(=O)(=O)N4CCOCC4)cc3)n2)cc1. The van der Waals surface area contributed by atoms with E-state index in [1.807, 2.05) is 29.6 Å². The summed E-state index contributed by atoms with van der Waals surface area (Å²) >= 11 is 1.33. The molecule has 0 radical (unpaired) electrons. The highest BCUT2D eigenvalue weighted by Gasteiger charge is 2.25. The number of carbonyl (C=O) groups is 1. The Morgan fingerprint density at radius 3 is 2.48 bits per heavy atom. The largest absolute Gasteiger partial charge is 0.497 e. The number of nitrogens with zero attached hydrogens (tertiary/aromatic N) is 2. The van der Waals surface area contributed by atoms with Crippen molar-refractivity contribution >= 4 is 38.5 Å². The highest BCUT2D eigenvalue weighted by molar-refractivity contribution is 7.89. The lowest BCUT2D eigenvalue weighted by Gasteiger charge is -2.26. The first kappa shape index (κ1) is 23.1. The third-order valence-electron chi connectivity index (χ3n) is 5.04. The molecule has 0 unspecified atom stereocenters. The molecule has 3 aromatic rings. The molecule has 1 aliphatic heterocycles. The van der Waals surface area contributed by atoms with E-state index in [-0.39, 0.29) is 10.8 Å². The van der Waals surface area contributed by atoms with E-state index in [4.69, 9.17) is 9.47 Å². The van der Waals surface area contributed by atoms with Crippen LogP contribution in [-0.2, 0) is 19.6 Å². The molecule has 0 saturated carbocycles. The molecule has 4 rings (SSSR count). The highest BCUT2D eigenvalue weighted by Crippen LogP contribution is 2.26. The second kappa shape index (κ2) is 10.3. The fraction of sp³-hybridized carbons (Fsp3) is 0.217. The molecule has 172 valence electrons. The smallest absolute Gasteiger partial charge is 0.250 e. The average molecular weight is 486 g/mol. The van der Waals surface area contributed by atoms with Gasteiger partial charge < -0.3 is 9.47 Å². The summed E-state index contributed by atoms with van der Waals surface area (Å²) < 4.78 is 37.2. The van der Waals surface area contributed by atoms with Gasteiger partial charge in [-0.3, -0.25) is 10.1 Å². The predicted molar refractivity (Wildman–Crippen MR) is 128 cm³/mol. The molecule has 0 bridgehead atoms. The molecular formula is C23H23N3O5S2. The Bertz CT molecular complexity index is 1230. The zero-order chi connectivity index (χ0) is 23.3. The molecule has 10 heteroatoms. The molecule has 1 aliphatic rings. The zero-order valence-electron chi connectivity index (χ0n) is 17.9. The number of aromatic nitrogens is 1. The first-order valence-corrected chi connectivity index (χ1v) is 12.5. The first-order valence-electron chi connectivity index (χ1n) is 10.2. The lowest BCUT2D eigenvalue weighted by Crippen LogP contribution is -2.40. The van der Waals surface area contributed by atoms with Gasteiger partial charge in [-0.15, -0.1) is 11.3 Å². The Hall–Kier alpha value is -3.05. The van der Waals surface area contributed by atoms with Gasteiger partial charge >= 0.3 is 0 Å². The maximum atomic E-state index is 12.7. The van der Waals surface area contributed by atoms with Crippen molar-refractivity contribution in [1.29, 1.82) is 0 Å². The molecule has 2 aromatic carbocycles. The molecule has 2 heterocycles. The van der Waals surface area contributed by atoms with Crippen molar-refractivity contribution in [2.75, 3.05) is 38.7 Å². The number of methoxy groups -OCH3 is 1. The lowest BCUT2D eigenvalue weighted by atomic mass is 10.2. The van der Waals surface area contributed by atoms with Crippen LogP contribution in [0.1, 0.15) is 5.56 Å². The fourth-order valence-corrected chi connectivity index (χ4v) is 5.36. The van der Waals surface area contributed by atoms with Crippen LogP contribution in [0.25, 0.3) is 17.3 Å². The van der Waals surface area contributed by atoms with Crippen LogP contribution < -0.4 is 10.1 Å². The molecule has 1 saturated heterocycles. The number of thiazole rings is 1. The van der Waals surface area contributed by atoms with E-state index in [2.05, 4.69) is 10.3 Å². The maximum Gasteiger partial charge on any atom is 0.250 e.